The third kappa shape index (κ3) is 3.89. The molecule has 0 radical (unpaired) electrons. The van der Waals surface area contributed by atoms with Crippen LogP contribution in [0.2, 0.25) is 0 Å². The molecule has 0 aliphatic carbocycles. The summed E-state index contributed by atoms with van der Waals surface area (Å²) in [5.74, 6) is 4.78. The lowest BCUT2D eigenvalue weighted by Gasteiger charge is -2.35. The van der Waals surface area contributed by atoms with Gasteiger partial charge in [-0.15, -0.1) is 0 Å². The average Bonchev–Trinajstić information content (AvgIpc) is 2.25. The van der Waals surface area contributed by atoms with Crippen LogP contribution in [0, 0.1) is 0 Å². The normalized spacial score (nSPS) is 20.9. The maximum Gasteiger partial charge on any atom is 0.410 e. The van der Waals surface area contributed by atoms with Crippen molar-refractivity contribution >= 4 is 12.0 Å². The quantitative estimate of drug-likeness (QED) is 0.404. The Hall–Kier alpha value is -1.30. The summed E-state index contributed by atoms with van der Waals surface area (Å²) in [7, 11) is 0. The zero-order chi connectivity index (χ0) is 13.1. The zero-order valence-corrected chi connectivity index (χ0v) is 10.7. The molecule has 6 heteroatoms. The third-order valence-corrected chi connectivity index (χ3v) is 2.58. The van der Waals surface area contributed by atoms with Gasteiger partial charge in [0.15, 0.2) is 0 Å². The highest BCUT2D eigenvalue weighted by molar-refractivity contribution is 5.85. The van der Waals surface area contributed by atoms with Crippen molar-refractivity contribution in [3.05, 3.63) is 0 Å². The lowest BCUT2D eigenvalue weighted by Crippen LogP contribution is -2.54. The van der Waals surface area contributed by atoms with Crippen LogP contribution in [0.15, 0.2) is 0 Å². The van der Waals surface area contributed by atoms with Gasteiger partial charge >= 0.3 is 6.09 Å². The SMILES string of the molecule is CC(C)(C)OC(=O)N1CCCC[C@@H]1C(=O)NN. The van der Waals surface area contributed by atoms with Gasteiger partial charge in [-0.3, -0.25) is 15.1 Å². The zero-order valence-electron chi connectivity index (χ0n) is 10.7. The number of carbonyl (C=O) groups excluding carboxylic acids is 2. The van der Waals surface area contributed by atoms with Crippen LogP contribution in [0.4, 0.5) is 4.79 Å². The van der Waals surface area contributed by atoms with Crippen LogP contribution in [-0.2, 0) is 9.53 Å². The number of likely N-dealkylation sites (tertiary alicyclic amines) is 1. The van der Waals surface area contributed by atoms with Gasteiger partial charge in [-0.25, -0.2) is 10.6 Å². The molecule has 1 fully saturated rings. The molecule has 0 bridgehead atoms. The first kappa shape index (κ1) is 13.8. The molecule has 0 saturated carbocycles. The first-order valence-corrected chi connectivity index (χ1v) is 5.85. The summed E-state index contributed by atoms with van der Waals surface area (Å²) < 4.78 is 5.27. The molecule has 0 unspecified atom stereocenters. The number of hydrogen-bond acceptors (Lipinski definition) is 4. The molecule has 0 aromatic heterocycles. The minimum Gasteiger partial charge on any atom is -0.444 e. The van der Waals surface area contributed by atoms with Crippen LogP contribution in [0.25, 0.3) is 0 Å². The highest BCUT2D eigenvalue weighted by atomic mass is 16.6. The second-order valence-electron chi connectivity index (χ2n) is 5.19. The molecule has 2 amide bonds. The second-order valence-corrected chi connectivity index (χ2v) is 5.19. The van der Waals surface area contributed by atoms with Crippen LogP contribution < -0.4 is 11.3 Å². The van der Waals surface area contributed by atoms with Gasteiger partial charge in [0.25, 0.3) is 5.91 Å². The standard InChI is InChI=1S/C11H21N3O3/c1-11(2,3)17-10(16)14-7-5-4-6-8(14)9(15)13-12/h8H,4-7,12H2,1-3H3,(H,13,15)/t8-/m1/s1. The Morgan fingerprint density at radius 3 is 2.53 bits per heavy atom. The van der Waals surface area contributed by atoms with Crippen LogP contribution in [0.3, 0.4) is 0 Å². The molecular formula is C11H21N3O3. The van der Waals surface area contributed by atoms with E-state index in [0.717, 1.165) is 12.8 Å². The van der Waals surface area contributed by atoms with Crippen molar-refractivity contribution in [3.63, 3.8) is 0 Å². The van der Waals surface area contributed by atoms with E-state index in [-0.39, 0.29) is 5.91 Å². The number of ether oxygens (including phenoxy) is 1. The topological polar surface area (TPSA) is 84.7 Å². The average molecular weight is 243 g/mol. The van der Waals surface area contributed by atoms with E-state index in [4.69, 9.17) is 10.6 Å². The van der Waals surface area contributed by atoms with Gasteiger partial charge in [-0.05, 0) is 40.0 Å². The van der Waals surface area contributed by atoms with Gasteiger partial charge in [0.05, 0.1) is 0 Å². The van der Waals surface area contributed by atoms with E-state index >= 15 is 0 Å². The Morgan fingerprint density at radius 1 is 1.35 bits per heavy atom. The van der Waals surface area contributed by atoms with Gasteiger partial charge in [-0.2, -0.15) is 0 Å². The van der Waals surface area contributed by atoms with E-state index < -0.39 is 17.7 Å². The Labute approximate surface area is 101 Å². The van der Waals surface area contributed by atoms with Crippen molar-refractivity contribution < 1.29 is 14.3 Å². The van der Waals surface area contributed by atoms with E-state index in [1.807, 2.05) is 0 Å². The molecule has 1 rings (SSSR count). The molecular weight excluding hydrogens is 222 g/mol. The fourth-order valence-corrected chi connectivity index (χ4v) is 1.84. The van der Waals surface area contributed by atoms with Gasteiger partial charge in [-0.1, -0.05) is 0 Å². The highest BCUT2D eigenvalue weighted by Crippen LogP contribution is 2.20. The Bertz CT molecular complexity index is 299. The molecule has 1 heterocycles. The summed E-state index contributed by atoms with van der Waals surface area (Å²) >= 11 is 0. The first-order valence-electron chi connectivity index (χ1n) is 5.85. The van der Waals surface area contributed by atoms with Crippen LogP contribution in [0.1, 0.15) is 40.0 Å². The Balaban J connectivity index is 2.71. The Kier molecular flexibility index (Phi) is 4.34. The van der Waals surface area contributed by atoms with Crippen molar-refractivity contribution in [2.75, 3.05) is 6.54 Å². The second kappa shape index (κ2) is 5.35. The van der Waals surface area contributed by atoms with E-state index in [1.54, 1.807) is 20.8 Å². The molecule has 1 aliphatic heterocycles. The third-order valence-electron chi connectivity index (χ3n) is 2.58. The monoisotopic (exact) mass is 243 g/mol. The molecule has 6 nitrogen and oxygen atoms in total. The molecule has 0 spiro atoms. The number of hydrogen-bond donors (Lipinski definition) is 2. The van der Waals surface area contributed by atoms with Crippen molar-refractivity contribution in [3.8, 4) is 0 Å². The van der Waals surface area contributed by atoms with Crippen molar-refractivity contribution in [2.24, 2.45) is 5.84 Å². The largest absolute Gasteiger partial charge is 0.444 e. The number of nitrogens with one attached hydrogen (secondary N) is 1. The molecule has 98 valence electrons. The van der Waals surface area contributed by atoms with E-state index in [2.05, 4.69) is 5.43 Å². The minimum absolute atomic E-state index is 0.337. The summed E-state index contributed by atoms with van der Waals surface area (Å²) in [6.07, 6.45) is 1.97. The smallest absolute Gasteiger partial charge is 0.410 e. The van der Waals surface area contributed by atoms with Crippen molar-refractivity contribution in [1.29, 1.82) is 0 Å². The highest BCUT2D eigenvalue weighted by Gasteiger charge is 2.34. The van der Waals surface area contributed by atoms with E-state index in [9.17, 15) is 9.59 Å². The van der Waals surface area contributed by atoms with Gasteiger partial charge in [0, 0.05) is 6.54 Å². The maximum atomic E-state index is 11.9. The predicted molar refractivity (Wildman–Crippen MR) is 62.9 cm³/mol. The molecule has 0 aromatic rings. The van der Waals surface area contributed by atoms with Gasteiger partial charge < -0.3 is 4.74 Å². The van der Waals surface area contributed by atoms with Crippen LogP contribution in [0.5, 0.6) is 0 Å². The number of carbonyl (C=O) groups is 2. The van der Waals surface area contributed by atoms with E-state index in [0.29, 0.717) is 13.0 Å². The molecule has 0 aromatic carbocycles. The number of hydrazine groups is 1. The molecule has 1 aliphatic rings. The summed E-state index contributed by atoms with van der Waals surface area (Å²) in [4.78, 5) is 24.9. The first-order chi connectivity index (χ1) is 7.85. The minimum atomic E-state index is -0.557. The lowest BCUT2D eigenvalue weighted by atomic mass is 10.0. The van der Waals surface area contributed by atoms with Gasteiger partial charge in [0.1, 0.15) is 11.6 Å². The summed E-state index contributed by atoms with van der Waals surface area (Å²) in [6.45, 7) is 5.93. The summed E-state index contributed by atoms with van der Waals surface area (Å²) in [5.41, 5.74) is 1.54. The number of amides is 2. The molecule has 17 heavy (non-hydrogen) atoms. The number of nitrogens with zero attached hydrogens (tertiary/aromatic N) is 1. The molecule has 1 atom stereocenters. The van der Waals surface area contributed by atoms with Crippen molar-refractivity contribution in [2.45, 2.75) is 51.7 Å². The van der Waals surface area contributed by atoms with Crippen LogP contribution >= 0.6 is 0 Å². The molecule has 1 saturated heterocycles. The summed E-state index contributed by atoms with van der Waals surface area (Å²) in [5, 5.41) is 0. The lowest BCUT2D eigenvalue weighted by molar-refractivity contribution is -0.127. The predicted octanol–water partition coefficient (Wildman–Crippen LogP) is 0.766. The van der Waals surface area contributed by atoms with E-state index in [1.165, 1.54) is 4.90 Å². The fourth-order valence-electron chi connectivity index (χ4n) is 1.84. The maximum absolute atomic E-state index is 11.9. The van der Waals surface area contributed by atoms with Crippen LogP contribution in [-0.4, -0.2) is 35.1 Å². The summed E-state index contributed by atoms with van der Waals surface area (Å²) in [6, 6.07) is -0.511. The molecule has 3 N–H and O–H groups in total. The fraction of sp³-hybridized carbons (Fsp3) is 0.818. The number of rotatable bonds is 1. The van der Waals surface area contributed by atoms with Crippen molar-refractivity contribution in [1.82, 2.24) is 10.3 Å². The number of piperidine rings is 1. The number of nitrogens with two attached hydrogens (primary N) is 1. The Morgan fingerprint density at radius 2 is 2.00 bits per heavy atom. The van der Waals surface area contributed by atoms with Gasteiger partial charge in [0.2, 0.25) is 0 Å².